The molecule has 6 heterocycles. The van der Waals surface area contributed by atoms with Crippen molar-refractivity contribution >= 4 is 110 Å². The molecule has 6 nitrogen and oxygen atoms in total. The number of fused-ring (bicyclic) bond motifs is 15. The van der Waals surface area contributed by atoms with Gasteiger partial charge in [-0.3, -0.25) is 0 Å². The molecule has 302 valence electrons. The first-order chi connectivity index (χ1) is 32.2. The molecule has 9 aromatic carbocycles. The van der Waals surface area contributed by atoms with Gasteiger partial charge >= 0.3 is 0 Å². The first kappa shape index (κ1) is 34.7. The van der Waals surface area contributed by atoms with Crippen molar-refractivity contribution in [2.24, 2.45) is 0 Å². The lowest BCUT2D eigenvalue weighted by Crippen LogP contribution is -1.94. The van der Waals surface area contributed by atoms with Crippen LogP contribution in [-0.4, -0.2) is 14.1 Å². The zero-order chi connectivity index (χ0) is 42.3. The van der Waals surface area contributed by atoms with Gasteiger partial charge in [0, 0.05) is 66.1 Å². The van der Waals surface area contributed by atoms with E-state index in [1.54, 1.807) is 0 Å². The number of pyridine rings is 1. The van der Waals surface area contributed by atoms with E-state index in [0.29, 0.717) is 11.2 Å². The highest BCUT2D eigenvalue weighted by molar-refractivity contribution is 6.16. The monoisotopic (exact) mass is 831 g/mol. The zero-order valence-corrected chi connectivity index (χ0v) is 34.6. The fourth-order valence-corrected chi connectivity index (χ4v) is 10.6. The van der Waals surface area contributed by atoms with E-state index < -0.39 is 0 Å². The van der Waals surface area contributed by atoms with Crippen molar-refractivity contribution in [2.45, 2.75) is 0 Å². The van der Waals surface area contributed by atoms with E-state index in [4.69, 9.17) is 18.2 Å². The molecule has 0 fully saturated rings. The van der Waals surface area contributed by atoms with E-state index in [0.717, 1.165) is 94.0 Å². The Morgan fingerprint density at radius 3 is 1.71 bits per heavy atom. The van der Waals surface area contributed by atoms with Crippen molar-refractivity contribution in [3.8, 4) is 33.6 Å². The first-order valence-electron chi connectivity index (χ1n) is 21.9. The molecule has 0 spiro atoms. The summed E-state index contributed by atoms with van der Waals surface area (Å²) in [5, 5.41) is 8.96. The third kappa shape index (κ3) is 4.90. The number of nitrogens with zero attached hydrogens (tertiary/aromatic N) is 3. The topological polar surface area (TPSA) is 62.2 Å². The Balaban J connectivity index is 0.872. The third-order valence-electron chi connectivity index (χ3n) is 13.5. The number of para-hydroxylation sites is 5. The van der Waals surface area contributed by atoms with Crippen LogP contribution in [0.5, 0.6) is 0 Å². The summed E-state index contributed by atoms with van der Waals surface area (Å²) in [6.07, 6.45) is 0. The van der Waals surface area contributed by atoms with Crippen LogP contribution in [0.4, 0.5) is 0 Å². The van der Waals surface area contributed by atoms with Crippen molar-refractivity contribution in [3.05, 3.63) is 200 Å². The first-order valence-corrected chi connectivity index (χ1v) is 21.9. The van der Waals surface area contributed by atoms with Crippen LogP contribution in [0, 0.1) is 0 Å². The third-order valence-corrected chi connectivity index (χ3v) is 13.5. The van der Waals surface area contributed by atoms with Crippen LogP contribution in [0.1, 0.15) is 0 Å². The van der Waals surface area contributed by atoms with Crippen molar-refractivity contribution in [2.75, 3.05) is 0 Å². The average Bonchev–Trinajstić information content (AvgIpc) is 4.17. The fraction of sp³-hybridized carbons (Fsp3) is 0. The molecule has 0 unspecified atom stereocenters. The Hall–Kier alpha value is -8.87. The molecule has 0 saturated heterocycles. The van der Waals surface area contributed by atoms with Crippen LogP contribution < -0.4 is 0 Å². The van der Waals surface area contributed by atoms with E-state index in [9.17, 15) is 0 Å². The Kier molecular flexibility index (Phi) is 6.86. The van der Waals surface area contributed by atoms with Crippen molar-refractivity contribution in [1.82, 2.24) is 14.1 Å². The molecular formula is C59H33N3O3. The van der Waals surface area contributed by atoms with Gasteiger partial charge in [-0.2, -0.15) is 0 Å². The molecule has 0 aliphatic heterocycles. The summed E-state index contributed by atoms with van der Waals surface area (Å²) in [5.74, 6) is 0. The van der Waals surface area contributed by atoms with Crippen LogP contribution in [-0.2, 0) is 0 Å². The number of rotatable bonds is 4. The normalized spacial score (nSPS) is 12.3. The number of aromatic nitrogens is 3. The molecule has 0 radical (unpaired) electrons. The van der Waals surface area contributed by atoms with Crippen molar-refractivity contribution in [1.29, 1.82) is 0 Å². The maximum Gasteiger partial charge on any atom is 0.157 e. The highest BCUT2D eigenvalue weighted by atomic mass is 16.3. The quantitative estimate of drug-likeness (QED) is 0.177. The van der Waals surface area contributed by atoms with Gasteiger partial charge in [0.1, 0.15) is 33.4 Å². The Bertz CT molecular complexity index is 4480. The van der Waals surface area contributed by atoms with E-state index in [1.807, 2.05) is 24.3 Å². The van der Waals surface area contributed by atoms with Crippen LogP contribution in [0.2, 0.25) is 0 Å². The largest absolute Gasteiger partial charge is 0.455 e. The summed E-state index contributed by atoms with van der Waals surface area (Å²) in [4.78, 5) is 5.15. The van der Waals surface area contributed by atoms with Crippen LogP contribution in [0.25, 0.3) is 143 Å². The highest BCUT2D eigenvalue weighted by Gasteiger charge is 2.20. The predicted octanol–water partition coefficient (Wildman–Crippen LogP) is 16.3. The molecule has 0 aliphatic rings. The molecule has 0 aliphatic carbocycles. The zero-order valence-electron chi connectivity index (χ0n) is 34.6. The number of benzene rings is 9. The van der Waals surface area contributed by atoms with Gasteiger partial charge in [-0.1, -0.05) is 109 Å². The predicted molar refractivity (Wildman–Crippen MR) is 266 cm³/mol. The molecule has 0 saturated carbocycles. The van der Waals surface area contributed by atoms with Gasteiger partial charge in [0.25, 0.3) is 0 Å². The Morgan fingerprint density at radius 2 is 0.877 bits per heavy atom. The van der Waals surface area contributed by atoms with E-state index in [1.165, 1.54) is 38.1 Å². The summed E-state index contributed by atoms with van der Waals surface area (Å²) in [7, 11) is 0. The molecule has 0 amide bonds. The lowest BCUT2D eigenvalue weighted by molar-refractivity contribution is 0.655. The van der Waals surface area contributed by atoms with Crippen LogP contribution in [0.3, 0.4) is 0 Å². The molecule has 6 heteroatoms. The van der Waals surface area contributed by atoms with E-state index >= 15 is 0 Å². The molecular weight excluding hydrogens is 799 g/mol. The van der Waals surface area contributed by atoms with Gasteiger partial charge < -0.3 is 22.4 Å². The Morgan fingerprint density at radius 1 is 0.292 bits per heavy atom. The molecule has 15 rings (SSSR count). The molecule has 65 heavy (non-hydrogen) atoms. The van der Waals surface area contributed by atoms with Crippen LogP contribution >= 0.6 is 0 Å². The van der Waals surface area contributed by atoms with Gasteiger partial charge in [0.2, 0.25) is 0 Å². The second-order valence-electron chi connectivity index (χ2n) is 17.1. The molecule has 6 aromatic heterocycles. The van der Waals surface area contributed by atoms with Gasteiger partial charge in [0.05, 0.1) is 22.1 Å². The number of hydrogen-bond acceptors (Lipinski definition) is 4. The second-order valence-corrected chi connectivity index (χ2v) is 17.1. The van der Waals surface area contributed by atoms with E-state index in [-0.39, 0.29) is 0 Å². The maximum absolute atomic E-state index is 6.79. The van der Waals surface area contributed by atoms with Crippen molar-refractivity contribution in [3.63, 3.8) is 0 Å². The lowest BCUT2D eigenvalue weighted by Gasteiger charge is -2.09. The van der Waals surface area contributed by atoms with E-state index in [2.05, 4.69) is 185 Å². The average molecular weight is 832 g/mol. The summed E-state index contributed by atoms with van der Waals surface area (Å²) >= 11 is 0. The number of hydrogen-bond donors (Lipinski definition) is 0. The SMILES string of the molecule is c1ccc(-n2c3ccccc3c3cc(-c4ccc5oc6c(-c7ccc8c9ccccc9n(-c9ccc%10oc%11cc%12oc%13ccccc%13c%12nc%11c%10c9)c8c7)cccc6c5c4)ccc32)cc1. The minimum atomic E-state index is 0.701. The molecule has 0 N–H and O–H groups in total. The van der Waals surface area contributed by atoms with Gasteiger partial charge in [-0.25, -0.2) is 4.98 Å². The lowest BCUT2D eigenvalue weighted by atomic mass is 9.98. The van der Waals surface area contributed by atoms with Gasteiger partial charge in [-0.15, -0.1) is 0 Å². The van der Waals surface area contributed by atoms with Gasteiger partial charge in [-0.05, 0) is 102 Å². The minimum Gasteiger partial charge on any atom is -0.455 e. The second kappa shape index (κ2) is 12.8. The minimum absolute atomic E-state index is 0.701. The molecule has 0 atom stereocenters. The summed E-state index contributed by atoms with van der Waals surface area (Å²) in [6.45, 7) is 0. The van der Waals surface area contributed by atoms with Gasteiger partial charge in [0.15, 0.2) is 11.2 Å². The fourth-order valence-electron chi connectivity index (χ4n) is 10.6. The van der Waals surface area contributed by atoms with Crippen LogP contribution in [0.15, 0.2) is 213 Å². The molecule has 15 aromatic rings. The highest BCUT2D eigenvalue weighted by Crippen LogP contribution is 2.43. The molecule has 0 bridgehead atoms. The number of furan rings is 3. The summed E-state index contributed by atoms with van der Waals surface area (Å²) in [6, 6.07) is 71.0. The van der Waals surface area contributed by atoms with Crippen molar-refractivity contribution < 1.29 is 13.3 Å². The summed E-state index contributed by atoms with van der Waals surface area (Å²) in [5.41, 5.74) is 17.6. The Labute approximate surface area is 369 Å². The smallest absolute Gasteiger partial charge is 0.157 e. The maximum atomic E-state index is 6.79. The summed E-state index contributed by atoms with van der Waals surface area (Å²) < 4.78 is 24.0. The standard InChI is InChI=1S/C59H33N3O3/c1-2-11-37(12-3-1)61-49-19-8-5-14-41(49)45-29-34(22-26-50(45)61)35-23-27-53-46(30-35)43-17-10-16-39(59(43)65-53)36-21-25-42-40-13-4-7-18-48(40)62(51(42)31-36)38-24-28-54-47(32-38)58-56(64-54)33-55-57(60-58)44-15-6-9-20-52(44)63-55/h1-33H.